The van der Waals surface area contributed by atoms with E-state index in [0.29, 0.717) is 5.88 Å². The lowest BCUT2D eigenvalue weighted by atomic mass is 9.97. The van der Waals surface area contributed by atoms with Gasteiger partial charge in [0.2, 0.25) is 5.88 Å². The minimum atomic E-state index is 0.140. The minimum Gasteiger partial charge on any atom is -0.481 e. The smallest absolute Gasteiger partial charge is 0.213 e. The van der Waals surface area contributed by atoms with Gasteiger partial charge in [-0.15, -0.1) is 0 Å². The molecule has 1 atom stereocenters. The van der Waals surface area contributed by atoms with Crippen molar-refractivity contribution in [1.82, 2.24) is 4.98 Å². The Balaban J connectivity index is 1.86. The molecule has 1 aromatic heterocycles. The zero-order valence-electron chi connectivity index (χ0n) is 11.6. The number of hydrogen-bond donors (Lipinski definition) is 1. The van der Waals surface area contributed by atoms with Crippen LogP contribution in [0.3, 0.4) is 0 Å². The zero-order valence-corrected chi connectivity index (χ0v) is 11.6. The molecular weight excluding hydrogens is 250 g/mol. The van der Waals surface area contributed by atoms with Gasteiger partial charge in [-0.3, -0.25) is 0 Å². The molecule has 3 rings (SSSR count). The number of hydrogen-bond acceptors (Lipinski definition) is 4. The molecular formula is C16H19N3O. The third-order valence-electron chi connectivity index (χ3n) is 3.73. The molecule has 2 aromatic rings. The highest BCUT2D eigenvalue weighted by atomic mass is 16.5. The van der Waals surface area contributed by atoms with Crippen molar-refractivity contribution in [3.05, 3.63) is 53.7 Å². The monoisotopic (exact) mass is 269 g/mol. The molecule has 0 aliphatic carbocycles. The highest BCUT2D eigenvalue weighted by molar-refractivity contribution is 5.57. The molecule has 0 spiro atoms. The van der Waals surface area contributed by atoms with E-state index in [0.717, 1.165) is 25.2 Å². The van der Waals surface area contributed by atoms with Crippen LogP contribution < -0.4 is 15.4 Å². The Morgan fingerprint density at radius 1 is 1.25 bits per heavy atom. The standard InChI is InChI=1S/C16H19N3O/c1-20-16-8-4-5-12(18-16)11-19-10-9-14(17)13-6-2-3-7-15(13)19/h2-8,14H,9-11,17H2,1H3. The summed E-state index contributed by atoms with van der Waals surface area (Å²) in [6.07, 6.45) is 0.973. The second-order valence-electron chi connectivity index (χ2n) is 5.05. The van der Waals surface area contributed by atoms with Crippen LogP contribution >= 0.6 is 0 Å². The molecule has 2 heterocycles. The van der Waals surface area contributed by atoms with Crippen LogP contribution in [0.25, 0.3) is 0 Å². The molecule has 0 saturated heterocycles. The average Bonchev–Trinajstić information content (AvgIpc) is 2.51. The summed E-state index contributed by atoms with van der Waals surface area (Å²) in [5, 5.41) is 0. The van der Waals surface area contributed by atoms with Crippen LogP contribution in [0.1, 0.15) is 23.7 Å². The van der Waals surface area contributed by atoms with Gasteiger partial charge in [0.05, 0.1) is 19.3 Å². The SMILES string of the molecule is COc1cccc(CN2CCC(N)c3ccccc32)n1. The van der Waals surface area contributed by atoms with E-state index in [4.69, 9.17) is 10.5 Å². The van der Waals surface area contributed by atoms with Crippen molar-refractivity contribution >= 4 is 5.69 Å². The van der Waals surface area contributed by atoms with E-state index < -0.39 is 0 Å². The second kappa shape index (κ2) is 5.51. The van der Waals surface area contributed by atoms with E-state index in [1.165, 1.54) is 11.3 Å². The molecule has 104 valence electrons. The number of para-hydroxylation sites is 1. The number of nitrogens with zero attached hydrogens (tertiary/aromatic N) is 2. The molecule has 0 radical (unpaired) electrons. The van der Waals surface area contributed by atoms with Crippen LogP contribution in [0, 0.1) is 0 Å². The van der Waals surface area contributed by atoms with Gasteiger partial charge in [-0.05, 0) is 24.1 Å². The molecule has 20 heavy (non-hydrogen) atoms. The van der Waals surface area contributed by atoms with Crippen molar-refractivity contribution in [2.24, 2.45) is 5.73 Å². The van der Waals surface area contributed by atoms with Crippen LogP contribution in [-0.2, 0) is 6.54 Å². The number of nitrogens with two attached hydrogens (primary N) is 1. The van der Waals surface area contributed by atoms with Crippen molar-refractivity contribution < 1.29 is 4.74 Å². The summed E-state index contributed by atoms with van der Waals surface area (Å²) in [6.45, 7) is 1.73. The Kier molecular flexibility index (Phi) is 3.56. The van der Waals surface area contributed by atoms with Gasteiger partial charge < -0.3 is 15.4 Å². The fraction of sp³-hybridized carbons (Fsp3) is 0.312. The number of anilines is 1. The molecule has 0 saturated carbocycles. The van der Waals surface area contributed by atoms with Gasteiger partial charge in [-0.25, -0.2) is 4.98 Å². The summed E-state index contributed by atoms with van der Waals surface area (Å²) < 4.78 is 5.18. The Labute approximate surface area is 119 Å². The van der Waals surface area contributed by atoms with Gasteiger partial charge in [-0.1, -0.05) is 24.3 Å². The molecule has 4 nitrogen and oxygen atoms in total. The van der Waals surface area contributed by atoms with Crippen molar-refractivity contribution in [3.63, 3.8) is 0 Å². The first-order chi connectivity index (χ1) is 9.78. The summed E-state index contributed by atoms with van der Waals surface area (Å²) in [7, 11) is 1.64. The fourth-order valence-electron chi connectivity index (χ4n) is 2.68. The van der Waals surface area contributed by atoms with Crippen LogP contribution in [0.2, 0.25) is 0 Å². The Morgan fingerprint density at radius 2 is 2.10 bits per heavy atom. The van der Waals surface area contributed by atoms with E-state index in [-0.39, 0.29) is 6.04 Å². The predicted octanol–water partition coefficient (Wildman–Crippen LogP) is 2.50. The zero-order chi connectivity index (χ0) is 13.9. The number of methoxy groups -OCH3 is 1. The van der Waals surface area contributed by atoms with E-state index >= 15 is 0 Å². The first-order valence-electron chi connectivity index (χ1n) is 6.87. The van der Waals surface area contributed by atoms with Gasteiger partial charge in [-0.2, -0.15) is 0 Å². The van der Waals surface area contributed by atoms with E-state index in [1.54, 1.807) is 7.11 Å². The lowest BCUT2D eigenvalue weighted by Crippen LogP contribution is -2.33. The van der Waals surface area contributed by atoms with Crippen LogP contribution in [0.4, 0.5) is 5.69 Å². The maximum Gasteiger partial charge on any atom is 0.213 e. The topological polar surface area (TPSA) is 51.4 Å². The third-order valence-corrected chi connectivity index (χ3v) is 3.73. The summed E-state index contributed by atoms with van der Waals surface area (Å²) in [5.74, 6) is 0.657. The van der Waals surface area contributed by atoms with E-state index in [1.807, 2.05) is 24.3 Å². The lowest BCUT2D eigenvalue weighted by molar-refractivity contribution is 0.396. The largest absolute Gasteiger partial charge is 0.481 e. The van der Waals surface area contributed by atoms with Crippen molar-refractivity contribution in [2.75, 3.05) is 18.6 Å². The van der Waals surface area contributed by atoms with Gasteiger partial charge in [0.1, 0.15) is 0 Å². The van der Waals surface area contributed by atoms with Gasteiger partial charge in [0, 0.05) is 24.3 Å². The number of fused-ring (bicyclic) bond motifs is 1. The van der Waals surface area contributed by atoms with E-state index in [9.17, 15) is 0 Å². The second-order valence-corrected chi connectivity index (χ2v) is 5.05. The molecule has 1 aromatic carbocycles. The summed E-state index contributed by atoms with van der Waals surface area (Å²) >= 11 is 0. The molecule has 1 aliphatic rings. The number of rotatable bonds is 3. The molecule has 0 fully saturated rings. The molecule has 1 unspecified atom stereocenters. The van der Waals surface area contributed by atoms with Crippen LogP contribution in [0.15, 0.2) is 42.5 Å². The molecule has 1 aliphatic heterocycles. The highest BCUT2D eigenvalue weighted by Crippen LogP contribution is 2.32. The Morgan fingerprint density at radius 3 is 2.95 bits per heavy atom. The normalized spacial score (nSPS) is 17.7. The molecule has 4 heteroatoms. The predicted molar refractivity (Wildman–Crippen MR) is 79.8 cm³/mol. The number of pyridine rings is 1. The molecule has 0 amide bonds. The van der Waals surface area contributed by atoms with Crippen LogP contribution in [0.5, 0.6) is 5.88 Å². The third kappa shape index (κ3) is 2.47. The van der Waals surface area contributed by atoms with Gasteiger partial charge in [0.25, 0.3) is 0 Å². The number of ether oxygens (including phenoxy) is 1. The molecule has 0 bridgehead atoms. The van der Waals surface area contributed by atoms with Crippen molar-refractivity contribution in [3.8, 4) is 5.88 Å². The first-order valence-corrected chi connectivity index (χ1v) is 6.87. The van der Waals surface area contributed by atoms with E-state index in [2.05, 4.69) is 28.1 Å². The maximum absolute atomic E-state index is 6.19. The summed E-state index contributed by atoms with van der Waals surface area (Å²) in [6, 6.07) is 14.4. The summed E-state index contributed by atoms with van der Waals surface area (Å²) in [4.78, 5) is 6.82. The quantitative estimate of drug-likeness (QED) is 0.930. The summed E-state index contributed by atoms with van der Waals surface area (Å²) in [5.41, 5.74) is 9.64. The van der Waals surface area contributed by atoms with Crippen molar-refractivity contribution in [2.45, 2.75) is 19.0 Å². The van der Waals surface area contributed by atoms with Crippen LogP contribution in [-0.4, -0.2) is 18.6 Å². The maximum atomic E-state index is 6.19. The van der Waals surface area contributed by atoms with Crippen molar-refractivity contribution in [1.29, 1.82) is 0 Å². The fourth-order valence-corrected chi connectivity index (χ4v) is 2.68. The number of benzene rings is 1. The first kappa shape index (κ1) is 12.9. The Hall–Kier alpha value is -2.07. The Bertz CT molecular complexity index is 600. The average molecular weight is 269 g/mol. The minimum absolute atomic E-state index is 0.140. The number of aromatic nitrogens is 1. The van der Waals surface area contributed by atoms with Gasteiger partial charge in [0.15, 0.2) is 0 Å². The molecule has 2 N–H and O–H groups in total. The lowest BCUT2D eigenvalue weighted by Gasteiger charge is -2.34. The highest BCUT2D eigenvalue weighted by Gasteiger charge is 2.22. The van der Waals surface area contributed by atoms with Gasteiger partial charge >= 0.3 is 0 Å².